The topological polar surface area (TPSA) is 69.0 Å². The molecule has 1 amide bonds. The number of nitrogens with one attached hydrogen (secondary N) is 1. The molecule has 3 aromatic rings. The molecule has 0 radical (unpaired) electrons. The van der Waals surface area contributed by atoms with Gasteiger partial charge in [-0.1, -0.05) is 78.5 Å². The van der Waals surface area contributed by atoms with Gasteiger partial charge < -0.3 is 10.1 Å². The average molecular weight is 592 g/mol. The number of hydrogen-bond acceptors (Lipinski definition) is 5. The van der Waals surface area contributed by atoms with Gasteiger partial charge in [-0.2, -0.15) is 0 Å². The van der Waals surface area contributed by atoms with Crippen molar-refractivity contribution >= 4 is 50.9 Å². The molecule has 1 saturated carbocycles. The van der Waals surface area contributed by atoms with Crippen LogP contribution in [0.4, 0.5) is 5.69 Å². The van der Waals surface area contributed by atoms with Crippen LogP contribution in [0.1, 0.15) is 74.9 Å². The fourth-order valence-corrected chi connectivity index (χ4v) is 5.87. The monoisotopic (exact) mass is 590 g/mol. The number of thioether (sulfide) groups is 1. The van der Waals surface area contributed by atoms with Gasteiger partial charge in [-0.05, 0) is 67.1 Å². The van der Waals surface area contributed by atoms with Crippen molar-refractivity contribution in [2.24, 2.45) is 0 Å². The van der Waals surface area contributed by atoms with Gasteiger partial charge in [0.1, 0.15) is 12.4 Å². The number of hydrogen-bond donors (Lipinski definition) is 1. The minimum atomic E-state index is -0.106. The van der Waals surface area contributed by atoms with Crippen LogP contribution in [0.25, 0.3) is 0 Å². The van der Waals surface area contributed by atoms with E-state index in [0.717, 1.165) is 45.2 Å². The first-order chi connectivity index (χ1) is 17.3. The van der Waals surface area contributed by atoms with Crippen molar-refractivity contribution in [2.75, 3.05) is 11.1 Å². The zero-order valence-corrected chi connectivity index (χ0v) is 24.0. The molecule has 36 heavy (non-hydrogen) atoms. The lowest BCUT2D eigenvalue weighted by Gasteiger charge is -2.25. The van der Waals surface area contributed by atoms with Crippen LogP contribution in [0.3, 0.4) is 0 Å². The van der Waals surface area contributed by atoms with Gasteiger partial charge in [0.05, 0.1) is 5.75 Å². The van der Waals surface area contributed by atoms with Crippen LogP contribution < -0.4 is 10.1 Å². The summed E-state index contributed by atoms with van der Waals surface area (Å²) < 4.78 is 9.62. The number of aromatic nitrogens is 3. The first-order valence-corrected chi connectivity index (χ1v) is 14.5. The standard InChI is InChI=1S/C27H32BrClN4O2S/c1-17(2)22-14-23(28)18(3)12-24(22)35-15-25-31-32-27(33(25)21-10-5-4-6-11-21)36-16-26(34)30-20-9-7-8-19(29)13-20/h7-9,12-14,17,21H,4-6,10-11,15-16H2,1-3H3,(H,30,34). The molecular weight excluding hydrogens is 560 g/mol. The summed E-state index contributed by atoms with van der Waals surface area (Å²) in [4.78, 5) is 12.6. The van der Waals surface area contributed by atoms with Gasteiger partial charge in [0.15, 0.2) is 11.0 Å². The molecule has 0 unspecified atom stereocenters. The molecule has 192 valence electrons. The third-order valence-electron chi connectivity index (χ3n) is 6.39. The van der Waals surface area contributed by atoms with E-state index in [1.54, 1.807) is 12.1 Å². The summed E-state index contributed by atoms with van der Waals surface area (Å²) in [5.74, 6) is 2.14. The highest BCUT2D eigenvalue weighted by Gasteiger charge is 2.24. The van der Waals surface area contributed by atoms with E-state index in [-0.39, 0.29) is 11.7 Å². The van der Waals surface area contributed by atoms with Crippen molar-refractivity contribution in [2.45, 2.75) is 76.6 Å². The summed E-state index contributed by atoms with van der Waals surface area (Å²) in [5, 5.41) is 13.2. The summed E-state index contributed by atoms with van der Waals surface area (Å²) in [7, 11) is 0. The summed E-state index contributed by atoms with van der Waals surface area (Å²) in [6.07, 6.45) is 5.80. The maximum atomic E-state index is 12.6. The van der Waals surface area contributed by atoms with Gasteiger partial charge in [0.2, 0.25) is 5.91 Å². The van der Waals surface area contributed by atoms with E-state index in [1.165, 1.54) is 31.0 Å². The molecule has 2 aromatic carbocycles. The Labute approximate surface area is 230 Å². The van der Waals surface area contributed by atoms with Gasteiger partial charge in [0.25, 0.3) is 0 Å². The number of rotatable bonds is 9. The molecule has 1 aromatic heterocycles. The highest BCUT2D eigenvalue weighted by Crippen LogP contribution is 2.35. The molecule has 0 spiro atoms. The Morgan fingerprint density at radius 2 is 2.00 bits per heavy atom. The summed E-state index contributed by atoms with van der Waals surface area (Å²) >= 11 is 11.1. The minimum Gasteiger partial charge on any atom is -0.485 e. The summed E-state index contributed by atoms with van der Waals surface area (Å²) in [6, 6.07) is 11.7. The van der Waals surface area contributed by atoms with E-state index in [1.807, 2.05) is 12.1 Å². The zero-order chi connectivity index (χ0) is 25.7. The van der Waals surface area contributed by atoms with E-state index < -0.39 is 0 Å². The fourth-order valence-electron chi connectivity index (χ4n) is 4.49. The third kappa shape index (κ3) is 6.84. The van der Waals surface area contributed by atoms with Crippen LogP contribution in [0.2, 0.25) is 5.02 Å². The van der Waals surface area contributed by atoms with Crippen molar-refractivity contribution < 1.29 is 9.53 Å². The Morgan fingerprint density at radius 1 is 1.22 bits per heavy atom. The Balaban J connectivity index is 1.50. The Hall–Kier alpha value is -2.03. The van der Waals surface area contributed by atoms with Crippen molar-refractivity contribution in [3.8, 4) is 5.75 Å². The minimum absolute atomic E-state index is 0.106. The fraction of sp³-hybridized carbons (Fsp3) is 0.444. The number of benzene rings is 2. The van der Waals surface area contributed by atoms with Gasteiger partial charge in [-0.15, -0.1) is 10.2 Å². The molecule has 1 aliphatic carbocycles. The first-order valence-electron chi connectivity index (χ1n) is 12.4. The molecule has 0 atom stereocenters. The van der Waals surface area contributed by atoms with Gasteiger partial charge in [-0.3, -0.25) is 9.36 Å². The molecule has 1 fully saturated rings. The Kier molecular flexibility index (Phi) is 9.36. The lowest BCUT2D eigenvalue weighted by atomic mass is 9.95. The van der Waals surface area contributed by atoms with Crippen molar-refractivity contribution in [1.82, 2.24) is 14.8 Å². The lowest BCUT2D eigenvalue weighted by molar-refractivity contribution is -0.113. The number of ether oxygens (including phenoxy) is 1. The van der Waals surface area contributed by atoms with Crippen molar-refractivity contribution in [3.05, 3.63) is 62.8 Å². The van der Waals surface area contributed by atoms with E-state index in [0.29, 0.717) is 29.3 Å². The molecule has 1 N–H and O–H groups in total. The second-order valence-corrected chi connectivity index (χ2v) is 11.7. The van der Waals surface area contributed by atoms with Gasteiger partial charge in [-0.25, -0.2) is 0 Å². The van der Waals surface area contributed by atoms with E-state index in [9.17, 15) is 4.79 Å². The number of amides is 1. The maximum Gasteiger partial charge on any atom is 0.234 e. The zero-order valence-electron chi connectivity index (χ0n) is 20.9. The Bertz CT molecular complexity index is 1210. The third-order valence-corrected chi connectivity index (χ3v) is 8.42. The number of aryl methyl sites for hydroxylation is 1. The molecule has 4 rings (SSSR count). The smallest absolute Gasteiger partial charge is 0.234 e. The predicted molar refractivity (Wildman–Crippen MR) is 150 cm³/mol. The van der Waals surface area contributed by atoms with E-state index in [4.69, 9.17) is 16.3 Å². The number of carbonyl (C=O) groups excluding carboxylic acids is 1. The average Bonchev–Trinajstić information content (AvgIpc) is 3.26. The second kappa shape index (κ2) is 12.5. The molecule has 1 heterocycles. The van der Waals surface area contributed by atoms with Crippen molar-refractivity contribution in [1.29, 1.82) is 0 Å². The molecule has 6 nitrogen and oxygen atoms in total. The molecule has 1 aliphatic rings. The van der Waals surface area contributed by atoms with Crippen molar-refractivity contribution in [3.63, 3.8) is 0 Å². The summed E-state index contributed by atoms with van der Waals surface area (Å²) in [6.45, 7) is 6.73. The maximum absolute atomic E-state index is 12.6. The van der Waals surface area contributed by atoms with Crippen LogP contribution in [0.5, 0.6) is 5.75 Å². The predicted octanol–water partition coefficient (Wildman–Crippen LogP) is 7.94. The highest BCUT2D eigenvalue weighted by atomic mass is 79.9. The van der Waals surface area contributed by atoms with Crippen LogP contribution in [0.15, 0.2) is 46.0 Å². The van der Waals surface area contributed by atoms with Crippen LogP contribution in [0, 0.1) is 6.92 Å². The summed E-state index contributed by atoms with van der Waals surface area (Å²) in [5.41, 5.74) is 2.97. The molecule has 0 bridgehead atoms. The molecular formula is C27H32BrClN4O2S. The number of carbonyl (C=O) groups is 1. The quantitative estimate of drug-likeness (QED) is 0.256. The number of anilines is 1. The highest BCUT2D eigenvalue weighted by molar-refractivity contribution is 9.10. The largest absolute Gasteiger partial charge is 0.485 e. The molecule has 0 saturated heterocycles. The van der Waals surface area contributed by atoms with E-state index in [2.05, 4.69) is 68.9 Å². The van der Waals surface area contributed by atoms with Crippen LogP contribution in [-0.4, -0.2) is 26.4 Å². The number of nitrogens with zero attached hydrogens (tertiary/aromatic N) is 3. The first kappa shape index (κ1) is 27.0. The molecule has 9 heteroatoms. The normalized spacial score (nSPS) is 14.3. The Morgan fingerprint density at radius 3 is 2.72 bits per heavy atom. The van der Waals surface area contributed by atoms with Crippen LogP contribution >= 0.6 is 39.3 Å². The van der Waals surface area contributed by atoms with Gasteiger partial charge >= 0.3 is 0 Å². The second-order valence-electron chi connectivity index (χ2n) is 9.49. The number of halogens is 2. The SMILES string of the molecule is Cc1cc(OCc2nnc(SCC(=O)Nc3cccc(Cl)c3)n2C2CCCCC2)c(C(C)C)cc1Br. The van der Waals surface area contributed by atoms with Gasteiger partial charge in [0, 0.05) is 21.2 Å². The molecule has 0 aliphatic heterocycles. The lowest BCUT2D eigenvalue weighted by Crippen LogP contribution is -2.19. The van der Waals surface area contributed by atoms with Crippen LogP contribution in [-0.2, 0) is 11.4 Å². The van der Waals surface area contributed by atoms with E-state index >= 15 is 0 Å².